The topological polar surface area (TPSA) is 61.0 Å². The van der Waals surface area contributed by atoms with Crippen molar-refractivity contribution in [3.05, 3.63) is 53.3 Å². The molecule has 2 aromatic rings. The van der Waals surface area contributed by atoms with Gasteiger partial charge in [0.15, 0.2) is 0 Å². The van der Waals surface area contributed by atoms with E-state index in [0.717, 1.165) is 18.7 Å². The van der Waals surface area contributed by atoms with Gasteiger partial charge >= 0.3 is 0 Å². The van der Waals surface area contributed by atoms with Crippen LogP contribution in [0, 0.1) is 18.8 Å². The van der Waals surface area contributed by atoms with Gasteiger partial charge in [0.2, 0.25) is 0 Å². The van der Waals surface area contributed by atoms with Crippen molar-refractivity contribution in [3.8, 4) is 0 Å². The molecule has 1 fully saturated rings. The summed E-state index contributed by atoms with van der Waals surface area (Å²) >= 11 is 0. The van der Waals surface area contributed by atoms with E-state index in [-0.39, 0.29) is 5.91 Å². The van der Waals surface area contributed by atoms with Gasteiger partial charge in [0, 0.05) is 18.3 Å². The molecule has 1 aliphatic rings. The smallest absolute Gasteiger partial charge is 0.271 e. The van der Waals surface area contributed by atoms with E-state index in [1.165, 1.54) is 31.2 Å². The molecular weight excluding hydrogens is 336 g/mol. The van der Waals surface area contributed by atoms with Gasteiger partial charge < -0.3 is 10.2 Å². The molecule has 1 heterocycles. The van der Waals surface area contributed by atoms with Crippen LogP contribution in [0.2, 0.25) is 0 Å². The van der Waals surface area contributed by atoms with Gasteiger partial charge in [0.05, 0.1) is 0 Å². The van der Waals surface area contributed by atoms with Crippen molar-refractivity contribution in [2.75, 3.05) is 20.6 Å². The largest absolute Gasteiger partial charge is 0.351 e. The zero-order valence-corrected chi connectivity index (χ0v) is 16.7. The maximum Gasteiger partial charge on any atom is 0.271 e. The number of carbonyl (C=O) groups excluding carboxylic acids is 1. The molecule has 1 amide bonds. The summed E-state index contributed by atoms with van der Waals surface area (Å²) in [5.41, 5.74) is 2.81. The van der Waals surface area contributed by atoms with Gasteiger partial charge in [-0.05, 0) is 63.7 Å². The average molecular weight is 369 g/mol. The van der Waals surface area contributed by atoms with Crippen molar-refractivity contribution in [3.63, 3.8) is 0 Å². The molecule has 0 saturated heterocycles. The number of H-pyrrole nitrogens is 1. The van der Waals surface area contributed by atoms with Crippen molar-refractivity contribution in [1.29, 1.82) is 0 Å². The Bertz CT molecular complexity index is 717. The van der Waals surface area contributed by atoms with Gasteiger partial charge in [0.25, 0.3) is 5.91 Å². The molecule has 5 nitrogen and oxygen atoms in total. The standard InChI is InChI=1S/C22H32N4O/c1-16-15-20(25-24-16)22(27)23-14-13-17-9-11-19(12-10-17)21(26(2)3)18-7-5-4-6-8-18/h4-8,15,17,19,21H,9-14H2,1-3H3,(H,23,27)(H,24,25). The summed E-state index contributed by atoms with van der Waals surface area (Å²) in [6.07, 6.45) is 6.07. The van der Waals surface area contributed by atoms with Crippen molar-refractivity contribution < 1.29 is 4.79 Å². The molecule has 146 valence electrons. The van der Waals surface area contributed by atoms with Crippen molar-refractivity contribution in [2.45, 2.75) is 45.1 Å². The van der Waals surface area contributed by atoms with Crippen LogP contribution in [0.15, 0.2) is 36.4 Å². The molecule has 1 saturated carbocycles. The molecule has 1 aromatic heterocycles. The number of rotatable bonds is 7. The molecule has 5 heteroatoms. The van der Waals surface area contributed by atoms with Gasteiger partial charge in [-0.25, -0.2) is 0 Å². The Kier molecular flexibility index (Phi) is 6.67. The predicted molar refractivity (Wildman–Crippen MR) is 109 cm³/mol. The average Bonchev–Trinajstić information content (AvgIpc) is 3.10. The molecule has 1 atom stereocenters. The summed E-state index contributed by atoms with van der Waals surface area (Å²) in [6.45, 7) is 2.63. The van der Waals surface area contributed by atoms with Gasteiger partial charge in [-0.15, -0.1) is 0 Å². The fraction of sp³-hybridized carbons (Fsp3) is 0.545. The van der Waals surface area contributed by atoms with Gasteiger partial charge in [-0.1, -0.05) is 43.2 Å². The van der Waals surface area contributed by atoms with Crippen molar-refractivity contribution in [1.82, 2.24) is 20.4 Å². The minimum Gasteiger partial charge on any atom is -0.351 e. The van der Waals surface area contributed by atoms with Gasteiger partial charge in [-0.3, -0.25) is 9.89 Å². The fourth-order valence-corrected chi connectivity index (χ4v) is 4.45. The first kappa shape index (κ1) is 19.6. The van der Waals surface area contributed by atoms with Crippen LogP contribution in [0.25, 0.3) is 0 Å². The normalized spacial score (nSPS) is 21.2. The van der Waals surface area contributed by atoms with Crippen molar-refractivity contribution >= 4 is 5.91 Å². The number of nitrogens with one attached hydrogen (secondary N) is 2. The monoisotopic (exact) mass is 368 g/mol. The highest BCUT2D eigenvalue weighted by Gasteiger charge is 2.29. The molecule has 0 spiro atoms. The lowest BCUT2D eigenvalue weighted by Crippen LogP contribution is -2.31. The molecule has 3 rings (SSSR count). The lowest BCUT2D eigenvalue weighted by atomic mass is 9.75. The number of aromatic nitrogens is 2. The first-order valence-corrected chi connectivity index (χ1v) is 10.1. The van der Waals surface area contributed by atoms with Gasteiger partial charge in [0.1, 0.15) is 5.69 Å². The predicted octanol–water partition coefficient (Wildman–Crippen LogP) is 3.95. The highest BCUT2D eigenvalue weighted by atomic mass is 16.1. The third-order valence-electron chi connectivity index (χ3n) is 5.81. The van der Waals surface area contributed by atoms with Crippen LogP contribution in [-0.2, 0) is 0 Å². The minimum atomic E-state index is -0.0789. The minimum absolute atomic E-state index is 0.0789. The molecule has 0 bridgehead atoms. The fourth-order valence-electron chi connectivity index (χ4n) is 4.45. The Morgan fingerprint density at radius 3 is 2.52 bits per heavy atom. The number of hydrogen-bond donors (Lipinski definition) is 2. The van der Waals surface area contributed by atoms with E-state index in [1.807, 2.05) is 6.92 Å². The number of nitrogens with zero attached hydrogens (tertiary/aromatic N) is 2. The summed E-state index contributed by atoms with van der Waals surface area (Å²) in [7, 11) is 4.38. The van der Waals surface area contributed by atoms with E-state index >= 15 is 0 Å². The number of aryl methyl sites for hydroxylation is 1. The number of amides is 1. The van der Waals surface area contributed by atoms with Crippen LogP contribution in [0.3, 0.4) is 0 Å². The first-order chi connectivity index (χ1) is 13.0. The Hall–Kier alpha value is -2.14. The summed E-state index contributed by atoms with van der Waals surface area (Å²) < 4.78 is 0. The van der Waals surface area contributed by atoms with Crippen LogP contribution in [-0.4, -0.2) is 41.6 Å². The summed E-state index contributed by atoms with van der Waals surface area (Å²) in [5.74, 6) is 1.34. The number of aromatic amines is 1. The Labute approximate surface area is 162 Å². The van der Waals surface area contributed by atoms with Crippen LogP contribution in [0.5, 0.6) is 0 Å². The van der Waals surface area contributed by atoms with E-state index in [4.69, 9.17) is 0 Å². The van der Waals surface area contributed by atoms with E-state index in [0.29, 0.717) is 23.6 Å². The highest BCUT2D eigenvalue weighted by Crippen LogP contribution is 2.40. The Balaban J connectivity index is 1.45. The quantitative estimate of drug-likeness (QED) is 0.778. The Morgan fingerprint density at radius 1 is 1.22 bits per heavy atom. The van der Waals surface area contributed by atoms with E-state index in [9.17, 15) is 4.79 Å². The van der Waals surface area contributed by atoms with Crippen molar-refractivity contribution in [2.24, 2.45) is 11.8 Å². The third-order valence-corrected chi connectivity index (χ3v) is 5.81. The van der Waals surface area contributed by atoms with E-state index in [2.05, 4.69) is 64.8 Å². The lowest BCUT2D eigenvalue weighted by Gasteiger charge is -2.37. The summed E-state index contributed by atoms with van der Waals surface area (Å²) in [5, 5.41) is 9.83. The van der Waals surface area contributed by atoms with Gasteiger partial charge in [-0.2, -0.15) is 5.10 Å². The maximum absolute atomic E-state index is 12.1. The van der Waals surface area contributed by atoms with Crippen LogP contribution in [0.4, 0.5) is 0 Å². The number of benzene rings is 1. The number of hydrogen-bond acceptors (Lipinski definition) is 3. The molecule has 27 heavy (non-hydrogen) atoms. The molecular formula is C22H32N4O. The SMILES string of the molecule is Cc1cc(C(=O)NCCC2CCC(C(c3ccccc3)N(C)C)CC2)n[nH]1. The second-order valence-corrected chi connectivity index (χ2v) is 8.08. The lowest BCUT2D eigenvalue weighted by molar-refractivity contribution is 0.0942. The maximum atomic E-state index is 12.1. The zero-order chi connectivity index (χ0) is 19.2. The Morgan fingerprint density at radius 2 is 1.93 bits per heavy atom. The molecule has 1 aliphatic carbocycles. The van der Waals surface area contributed by atoms with Crippen LogP contribution >= 0.6 is 0 Å². The van der Waals surface area contributed by atoms with E-state index in [1.54, 1.807) is 6.07 Å². The molecule has 0 aliphatic heterocycles. The molecule has 2 N–H and O–H groups in total. The van der Waals surface area contributed by atoms with Crippen LogP contribution < -0.4 is 5.32 Å². The third kappa shape index (κ3) is 5.19. The van der Waals surface area contributed by atoms with Crippen LogP contribution in [0.1, 0.15) is 59.9 Å². The second kappa shape index (κ2) is 9.18. The number of carbonyl (C=O) groups is 1. The molecule has 1 aromatic carbocycles. The van der Waals surface area contributed by atoms with E-state index < -0.39 is 0 Å². The highest BCUT2D eigenvalue weighted by molar-refractivity contribution is 5.92. The summed E-state index contributed by atoms with van der Waals surface area (Å²) in [4.78, 5) is 14.4. The summed E-state index contributed by atoms with van der Waals surface area (Å²) in [6, 6.07) is 13.2. The second-order valence-electron chi connectivity index (χ2n) is 8.08. The first-order valence-electron chi connectivity index (χ1n) is 10.1. The zero-order valence-electron chi connectivity index (χ0n) is 16.7. The molecule has 1 unspecified atom stereocenters. The molecule has 0 radical (unpaired) electrons.